The van der Waals surface area contributed by atoms with E-state index in [1.807, 2.05) is 0 Å². The largest absolute Gasteiger partial charge is 0.413 e. The topological polar surface area (TPSA) is 41.5 Å². The quantitative estimate of drug-likeness (QED) is 0.489. The van der Waals surface area contributed by atoms with Crippen LogP contribution in [0.2, 0.25) is 0 Å². The number of hydroxylamine groups is 1. The average Bonchev–Trinajstić information content (AvgIpc) is 2.23. The lowest BCUT2D eigenvalue weighted by atomic mass is 10.1. The van der Waals surface area contributed by atoms with Crippen molar-refractivity contribution >= 4 is 0 Å². The molecule has 0 saturated carbocycles. The Morgan fingerprint density at radius 2 is 1.78 bits per heavy atom. The second kappa shape index (κ2) is 6.07. The molecule has 1 aromatic carbocycles. The first-order valence-corrected chi connectivity index (χ1v) is 4.84. The molecule has 0 aliphatic rings. The Balaban J connectivity index is 2.48. The maximum atomic E-state index is 13.2. The van der Waals surface area contributed by atoms with E-state index in [2.05, 4.69) is 4.84 Å². The van der Waals surface area contributed by atoms with E-state index in [0.717, 1.165) is 18.2 Å². The van der Waals surface area contributed by atoms with Gasteiger partial charge in [-0.15, -0.1) is 0 Å². The first-order chi connectivity index (χ1) is 8.31. The highest BCUT2D eigenvalue weighted by molar-refractivity contribution is 5.22. The van der Waals surface area contributed by atoms with E-state index in [4.69, 9.17) is 0 Å². The summed E-state index contributed by atoms with van der Waals surface area (Å²) in [4.78, 5) is 3.99. The fourth-order valence-electron chi connectivity index (χ4n) is 1.20. The van der Waals surface area contributed by atoms with Gasteiger partial charge in [0.2, 0.25) is 0 Å². The van der Waals surface area contributed by atoms with Gasteiger partial charge >= 0.3 is 6.18 Å². The molecular formula is C10H10F5NO2. The van der Waals surface area contributed by atoms with Gasteiger partial charge in [0.15, 0.2) is 6.61 Å². The van der Waals surface area contributed by atoms with Crippen LogP contribution in [-0.2, 0) is 4.84 Å². The maximum Gasteiger partial charge on any atom is 0.413 e. The van der Waals surface area contributed by atoms with E-state index in [1.54, 1.807) is 5.48 Å². The number of benzene rings is 1. The van der Waals surface area contributed by atoms with Gasteiger partial charge in [-0.3, -0.25) is 4.84 Å². The smallest absolute Gasteiger partial charge is 0.387 e. The first kappa shape index (κ1) is 14.8. The molecule has 1 unspecified atom stereocenters. The number of alkyl halides is 3. The van der Waals surface area contributed by atoms with E-state index in [-0.39, 0.29) is 0 Å². The second-order valence-corrected chi connectivity index (χ2v) is 3.40. The summed E-state index contributed by atoms with van der Waals surface area (Å²) in [6.07, 6.45) is -6.18. The van der Waals surface area contributed by atoms with Crippen LogP contribution in [0, 0.1) is 11.6 Å². The number of hydrogen-bond acceptors (Lipinski definition) is 3. The summed E-state index contributed by atoms with van der Waals surface area (Å²) < 4.78 is 61.4. The Bertz CT molecular complexity index is 376. The lowest BCUT2D eigenvalue weighted by Crippen LogP contribution is -2.28. The molecule has 0 heterocycles. The van der Waals surface area contributed by atoms with Gasteiger partial charge in [-0.05, 0) is 12.1 Å². The van der Waals surface area contributed by atoms with Crippen molar-refractivity contribution in [3.63, 3.8) is 0 Å². The molecule has 0 radical (unpaired) electrons. The molecular weight excluding hydrogens is 261 g/mol. The predicted molar refractivity (Wildman–Crippen MR) is 51.3 cm³/mol. The van der Waals surface area contributed by atoms with Crippen LogP contribution in [-0.4, -0.2) is 24.4 Å². The minimum atomic E-state index is -4.53. The molecule has 0 saturated heterocycles. The van der Waals surface area contributed by atoms with Gasteiger partial charge in [0, 0.05) is 0 Å². The Kier molecular flexibility index (Phi) is 5.00. The predicted octanol–water partition coefficient (Wildman–Crippen LogP) is 2.08. The fourth-order valence-corrected chi connectivity index (χ4v) is 1.20. The zero-order valence-electron chi connectivity index (χ0n) is 8.97. The van der Waals surface area contributed by atoms with Crippen molar-refractivity contribution in [2.45, 2.75) is 12.3 Å². The summed E-state index contributed by atoms with van der Waals surface area (Å²) in [7, 11) is 0. The molecule has 0 amide bonds. The van der Waals surface area contributed by atoms with E-state index >= 15 is 0 Å². The SMILES string of the molecule is OC(CNOCC(F)(F)F)c1c(F)cccc1F. The van der Waals surface area contributed by atoms with Crippen molar-refractivity contribution in [2.75, 3.05) is 13.2 Å². The monoisotopic (exact) mass is 271 g/mol. The summed E-state index contributed by atoms with van der Waals surface area (Å²) in [6, 6.07) is 2.96. The number of hydrogen-bond donors (Lipinski definition) is 2. The summed E-state index contributed by atoms with van der Waals surface area (Å²) in [6.45, 7) is -2.15. The van der Waals surface area contributed by atoms with E-state index in [0.29, 0.717) is 0 Å². The molecule has 1 atom stereocenters. The van der Waals surface area contributed by atoms with Crippen molar-refractivity contribution < 1.29 is 31.9 Å². The van der Waals surface area contributed by atoms with Crippen molar-refractivity contribution in [1.82, 2.24) is 5.48 Å². The van der Waals surface area contributed by atoms with Crippen molar-refractivity contribution in [2.24, 2.45) is 0 Å². The van der Waals surface area contributed by atoms with E-state index in [9.17, 15) is 27.1 Å². The van der Waals surface area contributed by atoms with E-state index < -0.39 is 42.6 Å². The molecule has 0 aliphatic carbocycles. The zero-order valence-corrected chi connectivity index (χ0v) is 8.97. The molecule has 0 aliphatic heterocycles. The first-order valence-electron chi connectivity index (χ1n) is 4.84. The molecule has 18 heavy (non-hydrogen) atoms. The van der Waals surface area contributed by atoms with E-state index in [1.165, 1.54) is 0 Å². The van der Waals surface area contributed by atoms with Gasteiger partial charge in [0.1, 0.15) is 11.6 Å². The Morgan fingerprint density at radius 1 is 1.22 bits per heavy atom. The summed E-state index contributed by atoms with van der Waals surface area (Å²) in [5.41, 5.74) is 1.17. The zero-order chi connectivity index (χ0) is 13.8. The lowest BCUT2D eigenvalue weighted by molar-refractivity contribution is -0.191. The highest BCUT2D eigenvalue weighted by atomic mass is 19.4. The van der Waals surface area contributed by atoms with Crippen LogP contribution in [0.1, 0.15) is 11.7 Å². The fraction of sp³-hybridized carbons (Fsp3) is 0.400. The Morgan fingerprint density at radius 3 is 2.28 bits per heavy atom. The average molecular weight is 271 g/mol. The van der Waals surface area contributed by atoms with Gasteiger partial charge < -0.3 is 5.11 Å². The number of nitrogens with one attached hydrogen (secondary N) is 1. The van der Waals surface area contributed by atoms with Crippen LogP contribution in [0.15, 0.2) is 18.2 Å². The van der Waals surface area contributed by atoms with Crippen LogP contribution >= 0.6 is 0 Å². The van der Waals surface area contributed by atoms with Crippen molar-refractivity contribution in [3.8, 4) is 0 Å². The number of halogens is 5. The van der Waals surface area contributed by atoms with Crippen LogP contribution in [0.5, 0.6) is 0 Å². The van der Waals surface area contributed by atoms with Gasteiger partial charge in [-0.1, -0.05) is 6.07 Å². The van der Waals surface area contributed by atoms with Gasteiger partial charge in [-0.25, -0.2) is 8.78 Å². The molecule has 2 N–H and O–H groups in total. The lowest BCUT2D eigenvalue weighted by Gasteiger charge is -2.14. The molecule has 1 rings (SSSR count). The minimum Gasteiger partial charge on any atom is -0.387 e. The number of rotatable bonds is 5. The molecule has 102 valence electrons. The van der Waals surface area contributed by atoms with Gasteiger partial charge in [-0.2, -0.15) is 18.7 Å². The highest BCUT2D eigenvalue weighted by Gasteiger charge is 2.28. The number of aliphatic hydroxyl groups is 1. The third kappa shape index (κ3) is 4.55. The van der Waals surface area contributed by atoms with Gasteiger partial charge in [0.05, 0.1) is 18.2 Å². The summed E-state index contributed by atoms with van der Waals surface area (Å²) >= 11 is 0. The third-order valence-electron chi connectivity index (χ3n) is 1.95. The Hall–Kier alpha value is -1.25. The van der Waals surface area contributed by atoms with Crippen LogP contribution in [0.25, 0.3) is 0 Å². The molecule has 0 spiro atoms. The van der Waals surface area contributed by atoms with Crippen LogP contribution in [0.4, 0.5) is 22.0 Å². The summed E-state index contributed by atoms with van der Waals surface area (Å²) in [5, 5.41) is 9.41. The minimum absolute atomic E-state index is 0.575. The number of aliphatic hydroxyl groups excluding tert-OH is 1. The molecule has 0 fully saturated rings. The van der Waals surface area contributed by atoms with Crippen LogP contribution in [0.3, 0.4) is 0 Å². The van der Waals surface area contributed by atoms with Crippen molar-refractivity contribution in [3.05, 3.63) is 35.4 Å². The molecule has 0 bridgehead atoms. The molecule has 3 nitrogen and oxygen atoms in total. The molecule has 1 aromatic rings. The normalized spacial score (nSPS) is 13.7. The molecule has 0 aromatic heterocycles. The maximum absolute atomic E-state index is 13.2. The van der Waals surface area contributed by atoms with Crippen LogP contribution < -0.4 is 5.48 Å². The Labute approximate surface area is 99.1 Å². The third-order valence-corrected chi connectivity index (χ3v) is 1.95. The summed E-state index contributed by atoms with van der Waals surface area (Å²) in [5.74, 6) is -1.97. The second-order valence-electron chi connectivity index (χ2n) is 3.40. The van der Waals surface area contributed by atoms with Gasteiger partial charge in [0.25, 0.3) is 0 Å². The standard InChI is InChI=1S/C10H10F5NO2/c11-6-2-1-3-7(12)9(6)8(17)4-16-18-5-10(13,14)15/h1-3,8,16-17H,4-5H2. The molecule has 8 heteroatoms. The van der Waals surface area contributed by atoms with Crippen molar-refractivity contribution in [1.29, 1.82) is 0 Å². The highest BCUT2D eigenvalue weighted by Crippen LogP contribution is 2.20.